The summed E-state index contributed by atoms with van der Waals surface area (Å²) in [4.78, 5) is 0. The Labute approximate surface area is 300 Å². The van der Waals surface area contributed by atoms with E-state index >= 15 is 0 Å². The summed E-state index contributed by atoms with van der Waals surface area (Å²) in [5, 5.41) is 0. The molecule has 1 unspecified atom stereocenters. The van der Waals surface area contributed by atoms with Crippen molar-refractivity contribution in [3.05, 3.63) is 136 Å². The van der Waals surface area contributed by atoms with Crippen LogP contribution in [0.5, 0.6) is 0 Å². The third kappa shape index (κ3) is 7.09. The molecule has 0 aromatic heterocycles. The Bertz CT molecular complexity index is 1680. The van der Waals surface area contributed by atoms with Gasteiger partial charge >= 0.3 is 0 Å². The molecule has 3 aliphatic rings. The zero-order valence-corrected chi connectivity index (χ0v) is 32.2. The molecule has 0 heteroatoms. The molecule has 0 nitrogen and oxygen atoms in total. The van der Waals surface area contributed by atoms with Gasteiger partial charge in [-0.25, -0.2) is 0 Å². The molecule has 2 fully saturated rings. The van der Waals surface area contributed by atoms with Gasteiger partial charge in [-0.15, -0.1) is 0 Å². The Balaban J connectivity index is 1.46. The topological polar surface area (TPSA) is 0 Å². The number of benzene rings is 3. The van der Waals surface area contributed by atoms with Crippen molar-refractivity contribution in [2.45, 2.75) is 136 Å². The summed E-state index contributed by atoms with van der Waals surface area (Å²) in [5.41, 5.74) is 14.0. The molecule has 3 aromatic carbocycles. The summed E-state index contributed by atoms with van der Waals surface area (Å²) in [7, 11) is 0. The Morgan fingerprint density at radius 1 is 0.735 bits per heavy atom. The SMILES string of the molecule is C=C(CC1CC1)CC1CCC(C(=C)C2C(c3ccc(C(C)(C)C)cc3CCC)=C[C@@](C)(c3ccc(C)cc3)[C@@]2(C)c2ccc(C)cc2)CC1. The Morgan fingerprint density at radius 2 is 1.27 bits per heavy atom. The normalized spacial score (nSPS) is 27.2. The Morgan fingerprint density at radius 3 is 1.78 bits per heavy atom. The number of hydrogen-bond donors (Lipinski definition) is 0. The van der Waals surface area contributed by atoms with E-state index in [4.69, 9.17) is 6.58 Å². The van der Waals surface area contributed by atoms with Crippen LogP contribution in [-0.2, 0) is 22.7 Å². The predicted molar refractivity (Wildman–Crippen MR) is 213 cm³/mol. The summed E-state index contributed by atoms with van der Waals surface area (Å²) >= 11 is 0. The Hall–Kier alpha value is -3.12. The maximum atomic E-state index is 5.16. The smallest absolute Gasteiger partial charge is 0.0213 e. The lowest BCUT2D eigenvalue weighted by Gasteiger charge is -2.48. The summed E-state index contributed by atoms with van der Waals surface area (Å²) < 4.78 is 0. The average Bonchev–Trinajstić information content (AvgIpc) is 3.84. The van der Waals surface area contributed by atoms with Gasteiger partial charge in [-0.3, -0.25) is 0 Å². The molecule has 6 rings (SSSR count). The minimum Gasteiger partial charge on any atom is -0.0998 e. The highest BCUT2D eigenvalue weighted by Gasteiger charge is 2.58. The zero-order chi connectivity index (χ0) is 35.1. The van der Waals surface area contributed by atoms with Crippen LogP contribution in [0.2, 0.25) is 0 Å². The fraction of sp³-hybridized carbons (Fsp3) is 0.510. The molecular formula is C49H64. The van der Waals surface area contributed by atoms with Crippen LogP contribution in [0.4, 0.5) is 0 Å². The highest BCUT2D eigenvalue weighted by molar-refractivity contribution is 5.80. The van der Waals surface area contributed by atoms with Gasteiger partial charge in [0, 0.05) is 16.7 Å². The summed E-state index contributed by atoms with van der Waals surface area (Å²) in [5.74, 6) is 2.48. The van der Waals surface area contributed by atoms with Crippen molar-refractivity contribution in [3.63, 3.8) is 0 Å². The van der Waals surface area contributed by atoms with E-state index in [0.717, 1.165) is 24.7 Å². The summed E-state index contributed by atoms with van der Waals surface area (Å²) in [6, 6.07) is 26.4. The zero-order valence-electron chi connectivity index (χ0n) is 32.2. The molecule has 0 radical (unpaired) electrons. The number of allylic oxidation sites excluding steroid dienone is 4. The molecule has 260 valence electrons. The molecule has 0 amide bonds. The van der Waals surface area contributed by atoms with E-state index in [1.54, 1.807) is 0 Å². The van der Waals surface area contributed by atoms with Crippen LogP contribution in [0, 0.1) is 37.5 Å². The minimum atomic E-state index is -0.219. The summed E-state index contributed by atoms with van der Waals surface area (Å²) in [6.45, 7) is 28.6. The molecule has 0 heterocycles. The largest absolute Gasteiger partial charge is 0.0998 e. The molecule has 49 heavy (non-hydrogen) atoms. The molecular weight excluding hydrogens is 589 g/mol. The second kappa shape index (κ2) is 13.9. The van der Waals surface area contributed by atoms with Crippen molar-refractivity contribution < 1.29 is 0 Å². The molecule has 3 atom stereocenters. The van der Waals surface area contributed by atoms with E-state index in [2.05, 4.69) is 135 Å². The van der Waals surface area contributed by atoms with Crippen LogP contribution < -0.4 is 0 Å². The van der Waals surface area contributed by atoms with Crippen molar-refractivity contribution in [3.8, 4) is 0 Å². The first-order valence-corrected chi connectivity index (χ1v) is 19.6. The van der Waals surface area contributed by atoms with Crippen molar-refractivity contribution >= 4 is 5.57 Å². The first kappa shape index (κ1) is 35.7. The number of hydrogen-bond acceptors (Lipinski definition) is 0. The standard InChI is InChI=1S/C49H64/c1-11-12-40-31-43(47(6,7)8)27-28-44(40)45-32-48(9,41-23-13-33(2)14-24-41)49(10,42-25-15-34(3)16-26-42)46(45)36(5)39-21-19-38(20-22-39)30-35(4)29-37-17-18-37/h13-16,23-28,31-32,37-39,46H,4-5,11-12,17-22,29-30H2,1-3,6-10H3/t38?,39?,46?,48-,49-/m0/s1. The van der Waals surface area contributed by atoms with Gasteiger partial charge in [0.2, 0.25) is 0 Å². The molecule has 2 saturated carbocycles. The molecule has 0 saturated heterocycles. The second-order valence-electron chi connectivity index (χ2n) is 17.9. The van der Waals surface area contributed by atoms with Crippen LogP contribution in [-0.4, -0.2) is 0 Å². The van der Waals surface area contributed by atoms with Gasteiger partial charge in [0.15, 0.2) is 0 Å². The summed E-state index contributed by atoms with van der Waals surface area (Å²) in [6.07, 6.45) is 15.4. The lowest BCUT2D eigenvalue weighted by molar-refractivity contribution is 0.245. The van der Waals surface area contributed by atoms with E-state index < -0.39 is 0 Å². The van der Waals surface area contributed by atoms with E-state index in [1.165, 1.54) is 107 Å². The fourth-order valence-electron chi connectivity index (χ4n) is 9.62. The molecule has 3 aliphatic carbocycles. The monoisotopic (exact) mass is 653 g/mol. The van der Waals surface area contributed by atoms with Gasteiger partial charge in [0.05, 0.1) is 0 Å². The van der Waals surface area contributed by atoms with Crippen LogP contribution in [0.15, 0.2) is 97.1 Å². The Kier molecular flexibility index (Phi) is 10.1. The first-order chi connectivity index (χ1) is 23.2. The molecule has 3 aromatic rings. The third-order valence-corrected chi connectivity index (χ3v) is 13.1. The van der Waals surface area contributed by atoms with Gasteiger partial charge in [-0.1, -0.05) is 156 Å². The van der Waals surface area contributed by atoms with Crippen molar-refractivity contribution in [1.29, 1.82) is 0 Å². The second-order valence-corrected chi connectivity index (χ2v) is 17.9. The van der Waals surface area contributed by atoms with E-state index in [9.17, 15) is 0 Å². The molecule has 0 bridgehead atoms. The highest BCUT2D eigenvalue weighted by Crippen LogP contribution is 2.63. The third-order valence-electron chi connectivity index (χ3n) is 13.1. The maximum absolute atomic E-state index is 5.16. The van der Waals surface area contributed by atoms with Crippen molar-refractivity contribution in [2.75, 3.05) is 0 Å². The number of aryl methyl sites for hydroxylation is 3. The lowest BCUT2D eigenvalue weighted by atomic mass is 9.54. The van der Waals surface area contributed by atoms with Crippen molar-refractivity contribution in [1.82, 2.24) is 0 Å². The van der Waals surface area contributed by atoms with Gasteiger partial charge in [-0.2, -0.15) is 0 Å². The van der Waals surface area contributed by atoms with Crippen LogP contribution in [0.25, 0.3) is 5.57 Å². The first-order valence-electron chi connectivity index (χ1n) is 19.6. The van der Waals surface area contributed by atoms with Crippen LogP contribution in [0.3, 0.4) is 0 Å². The van der Waals surface area contributed by atoms with Crippen LogP contribution >= 0.6 is 0 Å². The average molecular weight is 653 g/mol. The molecule has 0 aliphatic heterocycles. The van der Waals surface area contributed by atoms with Crippen LogP contribution in [0.1, 0.15) is 138 Å². The van der Waals surface area contributed by atoms with E-state index in [-0.39, 0.29) is 22.2 Å². The van der Waals surface area contributed by atoms with Gasteiger partial charge in [0.1, 0.15) is 0 Å². The lowest BCUT2D eigenvalue weighted by Crippen LogP contribution is -2.46. The predicted octanol–water partition coefficient (Wildman–Crippen LogP) is 13.6. The molecule has 0 N–H and O–H groups in total. The van der Waals surface area contributed by atoms with Gasteiger partial charge < -0.3 is 0 Å². The van der Waals surface area contributed by atoms with E-state index in [0.29, 0.717) is 5.92 Å². The quantitative estimate of drug-likeness (QED) is 0.181. The number of rotatable bonds is 11. The molecule has 0 spiro atoms. The maximum Gasteiger partial charge on any atom is 0.0213 e. The van der Waals surface area contributed by atoms with Crippen molar-refractivity contribution in [2.24, 2.45) is 23.7 Å². The highest BCUT2D eigenvalue weighted by atomic mass is 14.6. The van der Waals surface area contributed by atoms with E-state index in [1.807, 2.05) is 0 Å². The minimum absolute atomic E-state index is 0.115. The fourth-order valence-corrected chi connectivity index (χ4v) is 9.62. The van der Waals surface area contributed by atoms with Gasteiger partial charge in [-0.05, 0) is 128 Å². The van der Waals surface area contributed by atoms with Gasteiger partial charge in [0.25, 0.3) is 0 Å².